The molecule has 10 heteroatoms. The molecule has 1 aliphatic rings. The SMILES string of the molecule is CCNC(=NCc1noc(C(C)(C)C)n1)NC1CCN(Cc2ccc(OC)c(F)c2)CC1.I. The van der Waals surface area contributed by atoms with Crippen LogP contribution < -0.4 is 15.4 Å². The minimum absolute atomic E-state index is 0. The van der Waals surface area contributed by atoms with Crippen LogP contribution in [-0.2, 0) is 18.5 Å². The van der Waals surface area contributed by atoms with Crippen LogP contribution in [0.5, 0.6) is 5.75 Å². The number of rotatable bonds is 7. The molecule has 8 nitrogen and oxygen atoms in total. The van der Waals surface area contributed by atoms with Crippen LogP contribution in [0, 0.1) is 5.82 Å². The number of guanidine groups is 1. The number of nitrogens with zero attached hydrogens (tertiary/aromatic N) is 4. The smallest absolute Gasteiger partial charge is 0.232 e. The van der Waals surface area contributed by atoms with Crippen molar-refractivity contribution < 1.29 is 13.7 Å². The Morgan fingerprint density at radius 1 is 1.30 bits per heavy atom. The molecular formula is C23H36FIN6O2. The summed E-state index contributed by atoms with van der Waals surface area (Å²) < 4.78 is 24.3. The second-order valence-electron chi connectivity index (χ2n) is 9.12. The second kappa shape index (κ2) is 12.5. The third-order valence-corrected chi connectivity index (χ3v) is 5.38. The van der Waals surface area contributed by atoms with Crippen LogP contribution in [0.2, 0.25) is 0 Å². The Morgan fingerprint density at radius 3 is 2.61 bits per heavy atom. The minimum atomic E-state index is -0.315. The highest BCUT2D eigenvalue weighted by Gasteiger charge is 2.22. The van der Waals surface area contributed by atoms with Gasteiger partial charge in [0.1, 0.15) is 6.54 Å². The number of aromatic nitrogens is 2. The number of ether oxygens (including phenoxy) is 1. The Bertz CT molecular complexity index is 907. The molecule has 0 bridgehead atoms. The van der Waals surface area contributed by atoms with E-state index in [0.29, 0.717) is 24.3 Å². The molecule has 1 aliphatic heterocycles. The molecule has 0 amide bonds. The van der Waals surface area contributed by atoms with Crippen LogP contribution in [-0.4, -0.2) is 53.8 Å². The highest BCUT2D eigenvalue weighted by atomic mass is 127. The first-order valence-electron chi connectivity index (χ1n) is 11.2. The highest BCUT2D eigenvalue weighted by Crippen LogP contribution is 2.21. The predicted molar refractivity (Wildman–Crippen MR) is 138 cm³/mol. The number of piperidine rings is 1. The van der Waals surface area contributed by atoms with Gasteiger partial charge in [-0.1, -0.05) is 32.0 Å². The Balaban J connectivity index is 0.00000385. The number of benzene rings is 1. The average Bonchev–Trinajstić information content (AvgIpc) is 3.23. The van der Waals surface area contributed by atoms with Gasteiger partial charge in [0.25, 0.3) is 0 Å². The monoisotopic (exact) mass is 574 g/mol. The van der Waals surface area contributed by atoms with Crippen molar-refractivity contribution in [2.75, 3.05) is 26.7 Å². The lowest BCUT2D eigenvalue weighted by Gasteiger charge is -2.33. The quantitative estimate of drug-likeness (QED) is 0.295. The van der Waals surface area contributed by atoms with E-state index < -0.39 is 0 Å². The number of likely N-dealkylation sites (tertiary alicyclic amines) is 1. The van der Waals surface area contributed by atoms with Crippen molar-refractivity contribution in [2.24, 2.45) is 4.99 Å². The van der Waals surface area contributed by atoms with Crippen LogP contribution in [0.3, 0.4) is 0 Å². The van der Waals surface area contributed by atoms with Gasteiger partial charge in [-0.25, -0.2) is 9.38 Å². The molecule has 0 spiro atoms. The molecule has 2 aromatic rings. The second-order valence-corrected chi connectivity index (χ2v) is 9.12. The Morgan fingerprint density at radius 2 is 2.03 bits per heavy atom. The Kier molecular flexibility index (Phi) is 10.3. The first-order chi connectivity index (χ1) is 15.3. The summed E-state index contributed by atoms with van der Waals surface area (Å²) in [5.74, 6) is 1.91. The summed E-state index contributed by atoms with van der Waals surface area (Å²) in [5, 5.41) is 10.9. The molecular weight excluding hydrogens is 538 g/mol. The average molecular weight is 574 g/mol. The van der Waals surface area contributed by atoms with Gasteiger partial charge in [-0.3, -0.25) is 4.90 Å². The van der Waals surface area contributed by atoms with E-state index in [2.05, 4.69) is 30.7 Å². The maximum atomic E-state index is 13.9. The summed E-state index contributed by atoms with van der Waals surface area (Å²) in [7, 11) is 1.48. The van der Waals surface area contributed by atoms with E-state index in [1.54, 1.807) is 12.1 Å². The Labute approximate surface area is 212 Å². The molecule has 1 saturated heterocycles. The van der Waals surface area contributed by atoms with Gasteiger partial charge in [-0.05, 0) is 37.5 Å². The summed E-state index contributed by atoms with van der Waals surface area (Å²) in [6.45, 7) is 11.9. The number of hydrogen-bond donors (Lipinski definition) is 2. The predicted octanol–water partition coefficient (Wildman–Crippen LogP) is 3.85. The van der Waals surface area contributed by atoms with Gasteiger partial charge in [0.05, 0.1) is 7.11 Å². The fourth-order valence-electron chi connectivity index (χ4n) is 3.59. The first-order valence-corrected chi connectivity index (χ1v) is 11.2. The highest BCUT2D eigenvalue weighted by molar-refractivity contribution is 14.0. The molecule has 0 radical (unpaired) electrons. The lowest BCUT2D eigenvalue weighted by atomic mass is 9.97. The van der Waals surface area contributed by atoms with Gasteiger partial charge >= 0.3 is 0 Å². The zero-order valence-corrected chi connectivity index (χ0v) is 22.5. The van der Waals surface area contributed by atoms with Gasteiger partial charge in [0.2, 0.25) is 5.89 Å². The number of methoxy groups -OCH3 is 1. The minimum Gasteiger partial charge on any atom is -0.494 e. The number of nitrogens with one attached hydrogen (secondary N) is 2. The zero-order chi connectivity index (χ0) is 23.1. The summed E-state index contributed by atoms with van der Waals surface area (Å²) in [6, 6.07) is 5.49. The Hall–Kier alpha value is -1.95. The molecule has 33 heavy (non-hydrogen) atoms. The summed E-state index contributed by atoms with van der Waals surface area (Å²) in [5.41, 5.74) is 0.780. The number of hydrogen-bond acceptors (Lipinski definition) is 6. The number of halogens is 2. The molecule has 2 heterocycles. The topological polar surface area (TPSA) is 87.8 Å². The van der Waals surface area contributed by atoms with E-state index in [1.807, 2.05) is 33.8 Å². The molecule has 0 saturated carbocycles. The molecule has 1 fully saturated rings. The summed E-state index contributed by atoms with van der Waals surface area (Å²) >= 11 is 0. The summed E-state index contributed by atoms with van der Waals surface area (Å²) in [6.07, 6.45) is 1.97. The van der Waals surface area contributed by atoms with E-state index >= 15 is 0 Å². The van der Waals surface area contributed by atoms with Gasteiger partial charge in [-0.15, -0.1) is 24.0 Å². The summed E-state index contributed by atoms with van der Waals surface area (Å²) in [4.78, 5) is 11.4. The largest absolute Gasteiger partial charge is 0.494 e. The normalized spacial score (nSPS) is 15.8. The maximum absolute atomic E-state index is 13.9. The van der Waals surface area contributed by atoms with Crippen molar-refractivity contribution in [3.05, 3.63) is 41.3 Å². The third kappa shape index (κ3) is 8.09. The van der Waals surface area contributed by atoms with Crippen molar-refractivity contribution in [3.8, 4) is 5.75 Å². The molecule has 184 valence electrons. The van der Waals surface area contributed by atoms with E-state index in [1.165, 1.54) is 7.11 Å². The number of aliphatic imine (C=N–C) groups is 1. The van der Waals surface area contributed by atoms with Crippen molar-refractivity contribution in [3.63, 3.8) is 0 Å². The molecule has 1 aromatic carbocycles. The van der Waals surface area contributed by atoms with Crippen LogP contribution in [0.1, 0.15) is 57.8 Å². The van der Waals surface area contributed by atoms with Crippen LogP contribution in [0.4, 0.5) is 4.39 Å². The fraction of sp³-hybridized carbons (Fsp3) is 0.609. The molecule has 2 N–H and O–H groups in total. The lowest BCUT2D eigenvalue weighted by molar-refractivity contribution is 0.198. The molecule has 0 unspecified atom stereocenters. The first kappa shape index (κ1) is 27.3. The van der Waals surface area contributed by atoms with Crippen LogP contribution in [0.25, 0.3) is 0 Å². The van der Waals surface area contributed by atoms with Gasteiger partial charge in [-0.2, -0.15) is 4.98 Å². The van der Waals surface area contributed by atoms with Gasteiger partial charge < -0.3 is 19.9 Å². The molecule has 0 aliphatic carbocycles. The zero-order valence-electron chi connectivity index (χ0n) is 20.2. The van der Waals surface area contributed by atoms with E-state index in [9.17, 15) is 4.39 Å². The van der Waals surface area contributed by atoms with Crippen molar-refractivity contribution >= 4 is 29.9 Å². The van der Waals surface area contributed by atoms with Crippen LogP contribution in [0.15, 0.2) is 27.7 Å². The molecule has 0 atom stereocenters. The van der Waals surface area contributed by atoms with Gasteiger partial charge in [0, 0.05) is 37.6 Å². The standard InChI is InChI=1S/C23H35FN6O2.HI/c1-6-25-22(26-14-20-28-21(32-29-20)23(2,3)4)27-17-9-11-30(12-10-17)15-16-7-8-19(31-5)18(24)13-16;/h7-8,13,17H,6,9-12,14-15H2,1-5H3,(H2,25,26,27);1H. The van der Waals surface area contributed by atoms with Crippen molar-refractivity contribution in [1.29, 1.82) is 0 Å². The van der Waals surface area contributed by atoms with Gasteiger partial charge in [0.15, 0.2) is 23.4 Å². The van der Waals surface area contributed by atoms with E-state index in [0.717, 1.165) is 50.5 Å². The van der Waals surface area contributed by atoms with Crippen molar-refractivity contribution in [2.45, 2.75) is 65.1 Å². The lowest BCUT2D eigenvalue weighted by Crippen LogP contribution is -2.48. The van der Waals surface area contributed by atoms with Crippen molar-refractivity contribution in [1.82, 2.24) is 25.7 Å². The third-order valence-electron chi connectivity index (χ3n) is 5.38. The van der Waals surface area contributed by atoms with E-state index in [-0.39, 0.29) is 41.0 Å². The fourth-order valence-corrected chi connectivity index (χ4v) is 3.59. The van der Waals surface area contributed by atoms with E-state index in [4.69, 9.17) is 9.26 Å². The maximum Gasteiger partial charge on any atom is 0.232 e. The van der Waals surface area contributed by atoms with Crippen LogP contribution >= 0.6 is 24.0 Å². The molecule has 1 aromatic heterocycles. The molecule has 3 rings (SSSR count).